The Bertz CT molecular complexity index is 1150. The molecule has 3 aromatic rings. The van der Waals surface area contributed by atoms with E-state index in [1.54, 1.807) is 30.3 Å². The number of aromatic amines is 1. The fourth-order valence-electron chi connectivity index (χ4n) is 2.63. The summed E-state index contributed by atoms with van der Waals surface area (Å²) >= 11 is 9.42. The Labute approximate surface area is 167 Å². The fourth-order valence-corrected chi connectivity index (χ4v) is 3.35. The van der Waals surface area contributed by atoms with E-state index in [0.717, 1.165) is 14.6 Å². The average Bonchev–Trinajstić information content (AvgIpc) is 2.63. The lowest BCUT2D eigenvalue weighted by Gasteiger charge is -2.13. The smallest absolute Gasteiger partial charge is 0.335 e. The van der Waals surface area contributed by atoms with Gasteiger partial charge in [-0.25, -0.2) is 9.36 Å². The highest BCUT2D eigenvalue weighted by Crippen LogP contribution is 2.28. The summed E-state index contributed by atoms with van der Waals surface area (Å²) in [6, 6.07) is 12.2. The number of aryl methyl sites for hydroxylation is 1. The van der Waals surface area contributed by atoms with Crippen LogP contribution in [0.5, 0.6) is 5.88 Å². The number of nitrogens with one attached hydrogen (secondary N) is 1. The van der Waals surface area contributed by atoms with Gasteiger partial charge in [-0.3, -0.25) is 14.8 Å². The Morgan fingerprint density at radius 3 is 2.70 bits per heavy atom. The predicted octanol–water partition coefficient (Wildman–Crippen LogP) is 3.96. The molecule has 0 fully saturated rings. The van der Waals surface area contributed by atoms with Crippen molar-refractivity contribution in [2.75, 3.05) is 0 Å². The van der Waals surface area contributed by atoms with Crippen molar-refractivity contribution in [2.45, 2.75) is 13.3 Å². The van der Waals surface area contributed by atoms with Crippen molar-refractivity contribution >= 4 is 39.4 Å². The van der Waals surface area contributed by atoms with Crippen LogP contribution in [0.3, 0.4) is 0 Å². The maximum absolute atomic E-state index is 12.3. The number of hydrogen-bond acceptors (Lipinski definition) is 4. The molecule has 0 aliphatic rings. The van der Waals surface area contributed by atoms with Crippen LogP contribution >= 0.6 is 27.5 Å². The topological polar surface area (TPSA) is 87.4 Å². The van der Waals surface area contributed by atoms with E-state index in [1.807, 2.05) is 19.1 Å². The summed E-state index contributed by atoms with van der Waals surface area (Å²) in [6.07, 6.45) is 1.84. The molecule has 0 aliphatic heterocycles. The molecule has 27 heavy (non-hydrogen) atoms. The molecule has 8 heteroatoms. The third-order valence-electron chi connectivity index (χ3n) is 3.98. The molecule has 0 aliphatic carbocycles. The molecular formula is C19H15BrClN3O3. The standard InChI is InChI=1S/C19H15BrClN3O3/c1-2-11-5-3-4-6-16(11)24-18(26)13(17(25)23-19(24)27)10-22-15-8-7-12(20)9-14(15)21/h3-10,26H,2H2,1H3,(H,23,25,27). The first-order valence-corrected chi connectivity index (χ1v) is 9.25. The summed E-state index contributed by atoms with van der Waals surface area (Å²) in [7, 11) is 0. The van der Waals surface area contributed by atoms with Gasteiger partial charge in [-0.2, -0.15) is 0 Å². The van der Waals surface area contributed by atoms with Crippen molar-refractivity contribution in [3.8, 4) is 11.6 Å². The maximum Gasteiger partial charge on any atom is 0.335 e. The average molecular weight is 449 g/mol. The molecule has 138 valence electrons. The zero-order valence-electron chi connectivity index (χ0n) is 14.2. The highest BCUT2D eigenvalue weighted by Gasteiger charge is 2.16. The van der Waals surface area contributed by atoms with Crippen LogP contribution in [0.15, 0.2) is 61.5 Å². The quantitative estimate of drug-likeness (QED) is 0.592. The van der Waals surface area contributed by atoms with E-state index in [4.69, 9.17) is 11.6 Å². The maximum atomic E-state index is 12.3. The van der Waals surface area contributed by atoms with E-state index in [1.165, 1.54) is 6.21 Å². The minimum Gasteiger partial charge on any atom is -0.493 e. The number of para-hydroxylation sites is 1. The van der Waals surface area contributed by atoms with Gasteiger partial charge >= 0.3 is 5.69 Å². The van der Waals surface area contributed by atoms with Gasteiger partial charge in [0.2, 0.25) is 5.88 Å². The summed E-state index contributed by atoms with van der Waals surface area (Å²) in [5.41, 5.74) is 0.165. The molecule has 0 unspecified atom stereocenters. The van der Waals surface area contributed by atoms with Crippen LogP contribution in [0.4, 0.5) is 5.69 Å². The van der Waals surface area contributed by atoms with Gasteiger partial charge in [-0.15, -0.1) is 0 Å². The molecule has 0 radical (unpaired) electrons. The molecule has 2 aromatic carbocycles. The molecule has 0 saturated heterocycles. The second-order valence-electron chi connectivity index (χ2n) is 5.67. The Kier molecular flexibility index (Phi) is 5.62. The summed E-state index contributed by atoms with van der Waals surface area (Å²) in [6.45, 7) is 1.94. The first-order valence-electron chi connectivity index (χ1n) is 8.08. The largest absolute Gasteiger partial charge is 0.493 e. The van der Waals surface area contributed by atoms with E-state index < -0.39 is 17.1 Å². The number of aromatic hydroxyl groups is 1. The molecule has 0 amide bonds. The number of benzene rings is 2. The molecular weight excluding hydrogens is 434 g/mol. The van der Waals surface area contributed by atoms with Crippen LogP contribution in [-0.2, 0) is 6.42 Å². The predicted molar refractivity (Wildman–Crippen MR) is 110 cm³/mol. The van der Waals surface area contributed by atoms with Crippen LogP contribution in [0.25, 0.3) is 5.69 Å². The lowest BCUT2D eigenvalue weighted by atomic mass is 10.1. The number of rotatable bonds is 4. The number of H-pyrrole nitrogens is 1. The van der Waals surface area contributed by atoms with Crippen LogP contribution in [-0.4, -0.2) is 20.9 Å². The number of halogens is 2. The van der Waals surface area contributed by atoms with Gasteiger partial charge in [-0.05, 0) is 36.2 Å². The lowest BCUT2D eigenvalue weighted by Crippen LogP contribution is -2.31. The number of nitrogens with zero attached hydrogens (tertiary/aromatic N) is 2. The Hall–Kier alpha value is -2.64. The first kappa shape index (κ1) is 19.1. The van der Waals surface area contributed by atoms with Crippen LogP contribution in [0, 0.1) is 0 Å². The Morgan fingerprint density at radius 1 is 1.26 bits per heavy atom. The highest BCUT2D eigenvalue weighted by molar-refractivity contribution is 9.10. The third kappa shape index (κ3) is 3.89. The second kappa shape index (κ2) is 7.94. The molecule has 0 bridgehead atoms. The van der Waals surface area contributed by atoms with Gasteiger partial charge in [0, 0.05) is 10.7 Å². The normalized spacial score (nSPS) is 11.2. The van der Waals surface area contributed by atoms with Gasteiger partial charge in [0.1, 0.15) is 5.56 Å². The monoisotopic (exact) mass is 447 g/mol. The van der Waals surface area contributed by atoms with Crippen molar-refractivity contribution < 1.29 is 5.11 Å². The van der Waals surface area contributed by atoms with E-state index >= 15 is 0 Å². The lowest BCUT2D eigenvalue weighted by molar-refractivity contribution is 0.429. The zero-order valence-corrected chi connectivity index (χ0v) is 16.6. The van der Waals surface area contributed by atoms with Gasteiger partial charge in [0.25, 0.3) is 5.56 Å². The Morgan fingerprint density at radius 2 is 2.00 bits per heavy atom. The molecule has 1 heterocycles. The minimum atomic E-state index is -0.736. The Balaban J connectivity index is 2.16. The summed E-state index contributed by atoms with van der Waals surface area (Å²) in [4.78, 5) is 30.9. The molecule has 0 spiro atoms. The first-order chi connectivity index (χ1) is 12.9. The SMILES string of the molecule is CCc1ccccc1-n1c(O)c(C=Nc2ccc(Br)cc2Cl)c(=O)[nH]c1=O. The summed E-state index contributed by atoms with van der Waals surface area (Å²) in [5.74, 6) is -0.485. The molecule has 6 nitrogen and oxygen atoms in total. The number of aliphatic imine (C=N–C) groups is 1. The fraction of sp³-hybridized carbons (Fsp3) is 0.105. The highest BCUT2D eigenvalue weighted by atomic mass is 79.9. The van der Waals surface area contributed by atoms with Crippen molar-refractivity contribution in [3.05, 3.63) is 83.9 Å². The van der Waals surface area contributed by atoms with Gasteiger partial charge in [0.05, 0.1) is 16.4 Å². The zero-order chi connectivity index (χ0) is 19.6. The van der Waals surface area contributed by atoms with Crippen molar-refractivity contribution in [3.63, 3.8) is 0 Å². The summed E-state index contributed by atoms with van der Waals surface area (Å²) < 4.78 is 1.85. The third-order valence-corrected chi connectivity index (χ3v) is 4.77. The van der Waals surface area contributed by atoms with Crippen LogP contribution in [0.1, 0.15) is 18.1 Å². The van der Waals surface area contributed by atoms with Crippen LogP contribution < -0.4 is 11.2 Å². The molecule has 2 N–H and O–H groups in total. The molecule has 0 saturated carbocycles. The molecule has 1 aromatic heterocycles. The second-order valence-corrected chi connectivity index (χ2v) is 6.99. The number of aromatic nitrogens is 2. The van der Waals surface area contributed by atoms with E-state index in [9.17, 15) is 14.7 Å². The summed E-state index contributed by atoms with van der Waals surface area (Å²) in [5, 5.41) is 11.0. The van der Waals surface area contributed by atoms with Gasteiger partial charge in [-0.1, -0.05) is 52.7 Å². The van der Waals surface area contributed by atoms with Crippen molar-refractivity contribution in [2.24, 2.45) is 4.99 Å². The van der Waals surface area contributed by atoms with Gasteiger partial charge in [0.15, 0.2) is 0 Å². The van der Waals surface area contributed by atoms with Crippen molar-refractivity contribution in [1.29, 1.82) is 0 Å². The van der Waals surface area contributed by atoms with Crippen molar-refractivity contribution in [1.82, 2.24) is 9.55 Å². The number of hydrogen-bond donors (Lipinski definition) is 2. The van der Waals surface area contributed by atoms with E-state index in [-0.39, 0.29) is 5.56 Å². The van der Waals surface area contributed by atoms with Crippen LogP contribution in [0.2, 0.25) is 5.02 Å². The molecule has 3 rings (SSSR count). The molecule has 0 atom stereocenters. The van der Waals surface area contributed by atoms with E-state index in [2.05, 4.69) is 25.9 Å². The minimum absolute atomic E-state index is 0.139. The van der Waals surface area contributed by atoms with Gasteiger partial charge < -0.3 is 5.11 Å². The van der Waals surface area contributed by atoms with E-state index in [0.29, 0.717) is 22.8 Å².